The first-order valence-electron chi connectivity index (χ1n) is 11.7. The Hall–Kier alpha value is -3.46. The van der Waals surface area contributed by atoms with Gasteiger partial charge in [0, 0.05) is 44.1 Å². The van der Waals surface area contributed by atoms with E-state index in [1.54, 1.807) is 41.5 Å². The van der Waals surface area contributed by atoms with Crippen LogP contribution in [0, 0.1) is 5.92 Å². The van der Waals surface area contributed by atoms with Gasteiger partial charge in [-0.1, -0.05) is 0 Å². The van der Waals surface area contributed by atoms with Crippen molar-refractivity contribution in [2.45, 2.75) is 51.0 Å². The lowest BCUT2D eigenvalue weighted by atomic mass is 10.00. The minimum absolute atomic E-state index is 0.0517. The number of aromatic nitrogens is 5. The Bertz CT molecular complexity index is 1260. The molecule has 0 radical (unpaired) electrons. The van der Waals surface area contributed by atoms with Crippen LogP contribution in [0.25, 0.3) is 5.65 Å². The van der Waals surface area contributed by atoms with Gasteiger partial charge in [0.15, 0.2) is 18.1 Å². The van der Waals surface area contributed by atoms with E-state index >= 15 is 0 Å². The lowest BCUT2D eigenvalue weighted by Gasteiger charge is -2.39. The van der Waals surface area contributed by atoms with Crippen molar-refractivity contribution in [3.8, 4) is 0 Å². The maximum atomic E-state index is 14.9. The second-order valence-corrected chi connectivity index (χ2v) is 9.44. The van der Waals surface area contributed by atoms with Gasteiger partial charge in [-0.3, -0.25) is 14.4 Å². The number of nitrogens with zero attached hydrogens (tertiary/aromatic N) is 5. The average molecular weight is 526 g/mol. The van der Waals surface area contributed by atoms with E-state index in [1.165, 1.54) is 6.20 Å². The Balaban J connectivity index is 1.22. The number of likely N-dealkylation sites (tertiary alicyclic amines) is 1. The number of fused-ring (bicyclic) bond motifs is 1. The van der Waals surface area contributed by atoms with Gasteiger partial charge in [-0.05, 0) is 19.9 Å². The Labute approximate surface area is 208 Å². The minimum Gasteiger partial charge on any atom is -0.441 e. The zero-order valence-corrected chi connectivity index (χ0v) is 20.0. The van der Waals surface area contributed by atoms with Crippen molar-refractivity contribution in [3.63, 3.8) is 0 Å². The molecule has 2 saturated heterocycles. The van der Waals surface area contributed by atoms with Crippen LogP contribution in [0.1, 0.15) is 31.3 Å². The first-order chi connectivity index (χ1) is 17.6. The molecule has 3 aromatic rings. The summed E-state index contributed by atoms with van der Waals surface area (Å²) in [6.07, 6.45) is -5.31. The maximum Gasteiger partial charge on any atom is 0.407 e. The first-order valence-corrected chi connectivity index (χ1v) is 11.7. The van der Waals surface area contributed by atoms with Crippen molar-refractivity contribution in [3.05, 3.63) is 35.9 Å². The van der Waals surface area contributed by atoms with Crippen molar-refractivity contribution in [1.29, 1.82) is 0 Å². The summed E-state index contributed by atoms with van der Waals surface area (Å²) in [6.45, 7) is 3.61. The molecule has 0 spiro atoms. The molecule has 37 heavy (non-hydrogen) atoms. The van der Waals surface area contributed by atoms with E-state index in [2.05, 4.69) is 30.8 Å². The van der Waals surface area contributed by atoms with E-state index in [4.69, 9.17) is 9.47 Å². The fraction of sp³-hybridized carbons (Fsp3) is 0.545. The maximum absolute atomic E-state index is 14.9. The number of carbonyl (C=O) groups excluding carboxylic acids is 1. The molecule has 0 unspecified atom stereocenters. The van der Waals surface area contributed by atoms with E-state index in [1.807, 2.05) is 0 Å². The molecule has 2 aliphatic heterocycles. The van der Waals surface area contributed by atoms with Gasteiger partial charge in [-0.15, -0.1) is 0 Å². The molecule has 200 valence electrons. The molecule has 0 bridgehead atoms. The van der Waals surface area contributed by atoms with Crippen LogP contribution in [-0.2, 0) is 16.0 Å². The van der Waals surface area contributed by atoms with Gasteiger partial charge >= 0.3 is 12.3 Å². The monoisotopic (exact) mass is 526 g/mol. The van der Waals surface area contributed by atoms with Gasteiger partial charge in [0.1, 0.15) is 11.8 Å². The van der Waals surface area contributed by atoms with Crippen LogP contribution in [0.2, 0.25) is 0 Å². The molecule has 2 aliphatic rings. The predicted molar refractivity (Wildman–Crippen MR) is 122 cm³/mol. The number of hydrogen-bond donors (Lipinski definition) is 3. The number of alkyl carbamates (subject to hydrolysis) is 1. The summed E-state index contributed by atoms with van der Waals surface area (Å²) in [4.78, 5) is 22.2. The van der Waals surface area contributed by atoms with Crippen molar-refractivity contribution in [1.82, 2.24) is 34.8 Å². The van der Waals surface area contributed by atoms with Gasteiger partial charge in [-0.2, -0.15) is 18.3 Å². The van der Waals surface area contributed by atoms with Crippen LogP contribution >= 0.6 is 0 Å². The lowest BCUT2D eigenvalue weighted by molar-refractivity contribution is -0.210. The summed E-state index contributed by atoms with van der Waals surface area (Å²) >= 11 is 0. The number of aromatic amines is 1. The van der Waals surface area contributed by atoms with Crippen LogP contribution in [0.4, 0.5) is 34.1 Å². The van der Waals surface area contributed by atoms with Crippen LogP contribution in [0.5, 0.6) is 0 Å². The summed E-state index contributed by atoms with van der Waals surface area (Å²) < 4.78 is 65.5. The number of nitrogens with one attached hydrogen (secondary N) is 3. The van der Waals surface area contributed by atoms with Gasteiger partial charge in [0.25, 0.3) is 0 Å². The molecule has 3 atom stereocenters. The quantitative estimate of drug-likeness (QED) is 0.402. The number of imidazole rings is 1. The Morgan fingerprint density at radius 2 is 2.14 bits per heavy atom. The van der Waals surface area contributed by atoms with E-state index < -0.39 is 36.6 Å². The van der Waals surface area contributed by atoms with Gasteiger partial charge in [0.05, 0.1) is 23.9 Å². The highest BCUT2D eigenvalue weighted by molar-refractivity contribution is 5.67. The highest BCUT2D eigenvalue weighted by Gasteiger charge is 2.47. The summed E-state index contributed by atoms with van der Waals surface area (Å²) in [5.41, 5.74) is 1.51. The minimum atomic E-state index is -4.18. The smallest absolute Gasteiger partial charge is 0.407 e. The highest BCUT2D eigenvalue weighted by atomic mass is 19.4. The highest BCUT2D eigenvalue weighted by Crippen LogP contribution is 2.35. The fourth-order valence-corrected chi connectivity index (χ4v) is 4.28. The molecule has 0 saturated carbocycles. The zero-order valence-electron chi connectivity index (χ0n) is 20.0. The van der Waals surface area contributed by atoms with Crippen molar-refractivity contribution < 1.29 is 31.8 Å². The third-order valence-corrected chi connectivity index (χ3v) is 6.13. The van der Waals surface area contributed by atoms with Crippen LogP contribution in [-0.4, -0.2) is 79.7 Å². The Kier molecular flexibility index (Phi) is 6.66. The molecular formula is C22H26F4N8O3. The normalized spacial score (nSPS) is 22.9. The van der Waals surface area contributed by atoms with Crippen LogP contribution in [0.3, 0.4) is 0 Å². The number of rotatable bonds is 7. The molecule has 15 heteroatoms. The number of anilines is 2. The molecule has 0 aromatic carbocycles. The molecular weight excluding hydrogens is 500 g/mol. The van der Waals surface area contributed by atoms with Crippen molar-refractivity contribution in [2.24, 2.45) is 5.92 Å². The number of alkyl halides is 4. The van der Waals surface area contributed by atoms with E-state index in [9.17, 15) is 22.4 Å². The first kappa shape index (κ1) is 25.2. The Morgan fingerprint density at radius 1 is 1.35 bits per heavy atom. The molecule has 11 nitrogen and oxygen atoms in total. The fourth-order valence-electron chi connectivity index (χ4n) is 4.28. The van der Waals surface area contributed by atoms with Crippen molar-refractivity contribution in [2.75, 3.05) is 25.0 Å². The number of carbonyl (C=O) groups is 1. The van der Waals surface area contributed by atoms with Gasteiger partial charge in [0.2, 0.25) is 5.95 Å². The predicted octanol–water partition coefficient (Wildman–Crippen LogP) is 3.10. The van der Waals surface area contributed by atoms with E-state index in [0.717, 1.165) is 0 Å². The lowest BCUT2D eigenvalue weighted by Crippen LogP contribution is -2.52. The van der Waals surface area contributed by atoms with Gasteiger partial charge in [-0.25, -0.2) is 19.2 Å². The average Bonchev–Trinajstić information content (AvgIpc) is 3.48. The standard InChI is InChI=1S/C22H26F4N8O3/c1-11(2)28-21(35)37-15-10-36-19(18(15)23)14-5-16(32-31-14)30-20-27-4-3-17-29-13(9-34(17)20)8-33-6-12(7-33)22(24,25)26/h3-5,9,11-12,15,18-19H,6-8,10H2,1-2H3,(H,28,35)(H2,27,30,31,32)/t15-,18+,19-/m1/s1. The molecule has 5 rings (SSSR count). The van der Waals surface area contributed by atoms with Crippen molar-refractivity contribution >= 4 is 23.5 Å². The second kappa shape index (κ2) is 9.78. The molecule has 3 N–H and O–H groups in total. The van der Waals surface area contributed by atoms with E-state index in [0.29, 0.717) is 28.8 Å². The summed E-state index contributed by atoms with van der Waals surface area (Å²) in [5, 5.41) is 12.4. The summed E-state index contributed by atoms with van der Waals surface area (Å²) in [5.74, 6) is -0.607. The zero-order chi connectivity index (χ0) is 26.3. The largest absolute Gasteiger partial charge is 0.441 e. The third-order valence-electron chi connectivity index (χ3n) is 6.13. The van der Waals surface area contributed by atoms with Gasteiger partial charge < -0.3 is 20.1 Å². The molecule has 2 fully saturated rings. The topological polar surface area (TPSA) is 122 Å². The Morgan fingerprint density at radius 3 is 2.86 bits per heavy atom. The van der Waals surface area contributed by atoms with Crippen LogP contribution in [0.15, 0.2) is 24.5 Å². The third kappa shape index (κ3) is 5.46. The summed E-state index contributed by atoms with van der Waals surface area (Å²) in [6, 6.07) is 3.09. The second-order valence-electron chi connectivity index (χ2n) is 9.44. The number of ether oxygens (including phenoxy) is 2. The summed E-state index contributed by atoms with van der Waals surface area (Å²) in [7, 11) is 0. The molecule has 5 heterocycles. The molecule has 3 aromatic heterocycles. The molecule has 0 aliphatic carbocycles. The molecule has 1 amide bonds. The number of halogens is 4. The van der Waals surface area contributed by atoms with Crippen LogP contribution < -0.4 is 10.6 Å². The number of H-pyrrole nitrogens is 1. The van der Waals surface area contributed by atoms with E-state index in [-0.39, 0.29) is 32.3 Å². The number of amides is 1. The number of hydrogen-bond acceptors (Lipinski definition) is 8. The SMILES string of the molecule is CC(C)NC(=O)O[C@@H]1CO[C@H](c2cc(Nc3nccc4nc(CN5CC(C(F)(F)F)C5)cn34)n[nH]2)[C@H]1F.